The summed E-state index contributed by atoms with van der Waals surface area (Å²) in [6.07, 6.45) is 1.28. The summed E-state index contributed by atoms with van der Waals surface area (Å²) in [7, 11) is 0. The van der Waals surface area contributed by atoms with Crippen LogP contribution in [0.1, 0.15) is 33.9 Å². The minimum Gasteiger partial charge on any atom is -0.345 e. The highest BCUT2D eigenvalue weighted by molar-refractivity contribution is 5.94. The fourth-order valence-corrected chi connectivity index (χ4v) is 4.23. The Kier molecular flexibility index (Phi) is 7.88. The Labute approximate surface area is 196 Å². The molecule has 1 atom stereocenters. The summed E-state index contributed by atoms with van der Waals surface area (Å²) in [5.41, 5.74) is 2.88. The Morgan fingerprint density at radius 2 is 1.33 bits per heavy atom. The number of rotatable bonds is 8. The number of hydrogen-bond acceptors (Lipinski definition) is 3. The molecule has 0 radical (unpaired) electrons. The number of nitrogens with zero attached hydrogens (tertiary/aromatic N) is 2. The molecular formula is C28H31N3O2. The lowest BCUT2D eigenvalue weighted by molar-refractivity contribution is -0.133. The molecule has 0 aliphatic carbocycles. The van der Waals surface area contributed by atoms with Crippen LogP contribution in [-0.2, 0) is 11.2 Å². The lowest BCUT2D eigenvalue weighted by atomic mass is 10.0. The van der Waals surface area contributed by atoms with Gasteiger partial charge >= 0.3 is 0 Å². The van der Waals surface area contributed by atoms with Gasteiger partial charge in [-0.2, -0.15) is 0 Å². The molecule has 1 aliphatic heterocycles. The van der Waals surface area contributed by atoms with E-state index in [4.69, 9.17) is 0 Å². The largest absolute Gasteiger partial charge is 0.345 e. The maximum Gasteiger partial charge on any atom is 0.251 e. The van der Waals surface area contributed by atoms with E-state index in [0.717, 1.165) is 44.7 Å². The summed E-state index contributed by atoms with van der Waals surface area (Å²) in [4.78, 5) is 30.3. The fourth-order valence-electron chi connectivity index (χ4n) is 4.23. The van der Waals surface area contributed by atoms with Crippen molar-refractivity contribution >= 4 is 11.8 Å². The summed E-state index contributed by atoms with van der Waals surface area (Å²) in [5, 5.41) is 3.07. The number of piperazine rings is 1. The zero-order chi connectivity index (χ0) is 22.9. The lowest BCUT2D eigenvalue weighted by Gasteiger charge is -2.35. The topological polar surface area (TPSA) is 52.7 Å². The van der Waals surface area contributed by atoms with Crippen LogP contribution in [0.25, 0.3) is 0 Å². The van der Waals surface area contributed by atoms with Crippen molar-refractivity contribution in [2.24, 2.45) is 0 Å². The van der Waals surface area contributed by atoms with Crippen molar-refractivity contribution in [2.45, 2.75) is 18.9 Å². The zero-order valence-electron chi connectivity index (χ0n) is 18.9. The van der Waals surface area contributed by atoms with Crippen LogP contribution in [0.4, 0.5) is 0 Å². The van der Waals surface area contributed by atoms with E-state index < -0.39 is 0 Å². The smallest absolute Gasteiger partial charge is 0.251 e. The van der Waals surface area contributed by atoms with E-state index in [-0.39, 0.29) is 24.3 Å². The third-order valence-corrected chi connectivity index (χ3v) is 6.21. The van der Waals surface area contributed by atoms with Crippen molar-refractivity contribution in [2.75, 3.05) is 32.7 Å². The van der Waals surface area contributed by atoms with E-state index in [1.165, 1.54) is 5.56 Å². The van der Waals surface area contributed by atoms with Crippen LogP contribution in [0, 0.1) is 0 Å². The van der Waals surface area contributed by atoms with Crippen molar-refractivity contribution in [3.8, 4) is 0 Å². The van der Waals surface area contributed by atoms with Crippen LogP contribution in [0.3, 0.4) is 0 Å². The molecule has 0 saturated carbocycles. The van der Waals surface area contributed by atoms with Crippen molar-refractivity contribution in [3.63, 3.8) is 0 Å². The summed E-state index contributed by atoms with van der Waals surface area (Å²) >= 11 is 0. The molecule has 1 fully saturated rings. The second-order valence-electron chi connectivity index (χ2n) is 8.46. The van der Waals surface area contributed by atoms with Gasteiger partial charge in [-0.3, -0.25) is 14.5 Å². The van der Waals surface area contributed by atoms with Gasteiger partial charge in [-0.05, 0) is 29.7 Å². The molecule has 1 N–H and O–H groups in total. The Morgan fingerprint density at radius 3 is 1.97 bits per heavy atom. The van der Waals surface area contributed by atoms with E-state index in [9.17, 15) is 9.59 Å². The standard InChI is InChI=1S/C28H31N3O2/c32-27(31-20-18-30(19-21-31)17-16-23-10-4-1-5-11-23)22-26(24-12-6-2-7-13-24)29-28(33)25-14-8-3-9-15-25/h1-15,26H,16-22H2,(H,29,33). The van der Waals surface area contributed by atoms with Gasteiger partial charge in [-0.25, -0.2) is 0 Å². The Bertz CT molecular complexity index is 1020. The van der Waals surface area contributed by atoms with E-state index in [1.807, 2.05) is 59.5 Å². The number of carbonyl (C=O) groups is 2. The first-order valence-corrected chi connectivity index (χ1v) is 11.6. The number of hydrogen-bond donors (Lipinski definition) is 1. The molecule has 0 aromatic heterocycles. The molecule has 0 spiro atoms. The van der Waals surface area contributed by atoms with E-state index in [0.29, 0.717) is 5.56 Å². The van der Waals surface area contributed by atoms with Gasteiger partial charge in [0, 0.05) is 38.3 Å². The average molecular weight is 442 g/mol. The minimum atomic E-state index is -0.359. The Hall–Kier alpha value is -3.44. The monoisotopic (exact) mass is 441 g/mol. The molecule has 4 rings (SSSR count). The predicted octanol–water partition coefficient (Wildman–Crippen LogP) is 3.93. The summed E-state index contributed by atoms with van der Waals surface area (Å²) in [5.74, 6) is -0.0806. The van der Waals surface area contributed by atoms with Crippen LogP contribution < -0.4 is 5.32 Å². The molecule has 170 valence electrons. The molecule has 1 unspecified atom stereocenters. The van der Waals surface area contributed by atoms with E-state index in [1.54, 1.807) is 12.1 Å². The van der Waals surface area contributed by atoms with Gasteiger partial charge in [0.05, 0.1) is 12.5 Å². The first-order valence-electron chi connectivity index (χ1n) is 11.6. The second kappa shape index (κ2) is 11.4. The lowest BCUT2D eigenvalue weighted by Crippen LogP contribution is -2.49. The van der Waals surface area contributed by atoms with E-state index >= 15 is 0 Å². The van der Waals surface area contributed by atoms with Crippen molar-refractivity contribution in [1.82, 2.24) is 15.1 Å². The first-order chi connectivity index (χ1) is 16.2. The molecule has 2 amide bonds. The molecular weight excluding hydrogens is 410 g/mol. The molecule has 0 bridgehead atoms. The van der Waals surface area contributed by atoms with Crippen LogP contribution in [0.5, 0.6) is 0 Å². The highest BCUT2D eigenvalue weighted by Crippen LogP contribution is 2.19. The van der Waals surface area contributed by atoms with Gasteiger partial charge < -0.3 is 10.2 Å². The van der Waals surface area contributed by atoms with Gasteiger partial charge in [0.25, 0.3) is 5.91 Å². The molecule has 5 heteroatoms. The van der Waals surface area contributed by atoms with Gasteiger partial charge in [0.1, 0.15) is 0 Å². The van der Waals surface area contributed by atoms with Crippen molar-refractivity contribution in [3.05, 3.63) is 108 Å². The van der Waals surface area contributed by atoms with Crippen LogP contribution in [-0.4, -0.2) is 54.3 Å². The zero-order valence-corrected chi connectivity index (χ0v) is 18.9. The predicted molar refractivity (Wildman–Crippen MR) is 131 cm³/mol. The fraction of sp³-hybridized carbons (Fsp3) is 0.286. The normalized spacial score (nSPS) is 15.1. The molecule has 33 heavy (non-hydrogen) atoms. The second-order valence-corrected chi connectivity index (χ2v) is 8.46. The summed E-state index contributed by atoms with van der Waals surface area (Å²) < 4.78 is 0. The molecule has 1 saturated heterocycles. The van der Waals surface area contributed by atoms with E-state index in [2.05, 4.69) is 34.5 Å². The van der Waals surface area contributed by atoms with Crippen molar-refractivity contribution in [1.29, 1.82) is 0 Å². The number of benzene rings is 3. The molecule has 1 heterocycles. The number of nitrogens with one attached hydrogen (secondary N) is 1. The maximum absolute atomic E-state index is 13.1. The minimum absolute atomic E-state index is 0.0833. The average Bonchev–Trinajstić information content (AvgIpc) is 2.89. The van der Waals surface area contributed by atoms with Crippen molar-refractivity contribution < 1.29 is 9.59 Å². The summed E-state index contributed by atoms with van der Waals surface area (Å²) in [6, 6.07) is 29.0. The first kappa shape index (κ1) is 22.7. The van der Waals surface area contributed by atoms with Crippen LogP contribution in [0.2, 0.25) is 0 Å². The third-order valence-electron chi connectivity index (χ3n) is 6.21. The van der Waals surface area contributed by atoms with Gasteiger partial charge in [0.15, 0.2) is 0 Å². The quantitative estimate of drug-likeness (QED) is 0.576. The van der Waals surface area contributed by atoms with Crippen LogP contribution >= 0.6 is 0 Å². The highest BCUT2D eigenvalue weighted by Gasteiger charge is 2.25. The highest BCUT2D eigenvalue weighted by atomic mass is 16.2. The van der Waals surface area contributed by atoms with Gasteiger partial charge in [-0.15, -0.1) is 0 Å². The molecule has 1 aliphatic rings. The van der Waals surface area contributed by atoms with Gasteiger partial charge in [-0.1, -0.05) is 78.9 Å². The van der Waals surface area contributed by atoms with Gasteiger partial charge in [0.2, 0.25) is 5.91 Å². The maximum atomic E-state index is 13.1. The molecule has 5 nitrogen and oxygen atoms in total. The number of amides is 2. The third kappa shape index (κ3) is 6.53. The number of carbonyl (C=O) groups excluding carboxylic acids is 2. The Morgan fingerprint density at radius 1 is 0.758 bits per heavy atom. The summed E-state index contributed by atoms with van der Waals surface area (Å²) in [6.45, 7) is 4.21. The van der Waals surface area contributed by atoms with Crippen LogP contribution in [0.15, 0.2) is 91.0 Å². The SMILES string of the molecule is O=C(NC(CC(=O)N1CCN(CCc2ccccc2)CC1)c1ccccc1)c1ccccc1. The molecule has 3 aromatic rings. The Balaban J connectivity index is 1.33. The molecule has 3 aromatic carbocycles.